The average Bonchev–Trinajstić information content (AvgIpc) is 2.92. The Morgan fingerprint density at radius 1 is 1.20 bits per heavy atom. The van der Waals surface area contributed by atoms with Gasteiger partial charge in [0.2, 0.25) is 0 Å². The summed E-state index contributed by atoms with van der Waals surface area (Å²) in [7, 11) is 1.58. The molecule has 0 radical (unpaired) electrons. The molecule has 0 fully saturated rings. The van der Waals surface area contributed by atoms with Crippen LogP contribution in [0.5, 0.6) is 5.75 Å². The van der Waals surface area contributed by atoms with Gasteiger partial charge in [0.25, 0.3) is 0 Å². The van der Waals surface area contributed by atoms with Crippen LogP contribution >= 0.6 is 11.6 Å². The van der Waals surface area contributed by atoms with Gasteiger partial charge in [-0.3, -0.25) is 4.79 Å². The van der Waals surface area contributed by atoms with E-state index in [0.717, 1.165) is 10.9 Å². The summed E-state index contributed by atoms with van der Waals surface area (Å²) >= 11 is 6.11. The summed E-state index contributed by atoms with van der Waals surface area (Å²) in [4.78, 5) is 15.6. The summed E-state index contributed by atoms with van der Waals surface area (Å²) in [5, 5.41) is 1.43. The maximum atomic E-state index is 12.6. The Bertz CT molecular complexity index is 792. The van der Waals surface area contributed by atoms with E-state index in [2.05, 4.69) is 4.98 Å². The molecule has 0 atom stereocenters. The van der Waals surface area contributed by atoms with Crippen LogP contribution in [-0.4, -0.2) is 17.9 Å². The zero-order valence-electron chi connectivity index (χ0n) is 10.8. The number of hydrogen-bond acceptors (Lipinski definition) is 2. The molecule has 0 aliphatic heterocycles. The van der Waals surface area contributed by atoms with E-state index >= 15 is 0 Å². The van der Waals surface area contributed by atoms with E-state index in [1.54, 1.807) is 37.6 Å². The molecule has 0 bridgehead atoms. The lowest BCUT2D eigenvalue weighted by atomic mass is 10.0. The maximum Gasteiger partial charge on any atom is 0.195 e. The molecule has 3 rings (SSSR count). The van der Waals surface area contributed by atoms with E-state index in [9.17, 15) is 4.79 Å². The second kappa shape index (κ2) is 5.02. The Morgan fingerprint density at radius 2 is 2.00 bits per heavy atom. The average molecular weight is 286 g/mol. The fraction of sp³-hybridized carbons (Fsp3) is 0.0625. The van der Waals surface area contributed by atoms with Gasteiger partial charge in [-0.15, -0.1) is 0 Å². The molecule has 0 unspecified atom stereocenters. The number of benzene rings is 2. The van der Waals surface area contributed by atoms with Crippen LogP contribution in [0.1, 0.15) is 15.9 Å². The van der Waals surface area contributed by atoms with Crippen molar-refractivity contribution in [2.24, 2.45) is 0 Å². The molecule has 0 aliphatic rings. The molecule has 0 amide bonds. The molecule has 4 heteroatoms. The Balaban J connectivity index is 2.10. The quantitative estimate of drug-likeness (QED) is 0.737. The number of carbonyl (C=O) groups is 1. The van der Waals surface area contributed by atoms with Gasteiger partial charge < -0.3 is 9.72 Å². The number of hydrogen-bond donors (Lipinski definition) is 1. The molecular formula is C16H12ClNO2. The molecule has 0 saturated carbocycles. The molecule has 1 N–H and O–H groups in total. The van der Waals surface area contributed by atoms with Gasteiger partial charge in [0.15, 0.2) is 5.78 Å². The highest BCUT2D eigenvalue weighted by Crippen LogP contribution is 2.27. The van der Waals surface area contributed by atoms with Gasteiger partial charge >= 0.3 is 0 Å². The smallest absolute Gasteiger partial charge is 0.195 e. The van der Waals surface area contributed by atoms with Crippen molar-refractivity contribution < 1.29 is 9.53 Å². The number of methoxy groups -OCH3 is 1. The zero-order valence-corrected chi connectivity index (χ0v) is 11.6. The Kier molecular flexibility index (Phi) is 3.20. The molecule has 20 heavy (non-hydrogen) atoms. The SMILES string of the molecule is COc1cccc(C(=O)c2c[nH]c3c(Cl)cccc23)c1. The molecule has 0 aliphatic carbocycles. The number of ether oxygens (including phenoxy) is 1. The van der Waals surface area contributed by atoms with Crippen LogP contribution < -0.4 is 4.74 Å². The van der Waals surface area contributed by atoms with Crippen molar-refractivity contribution in [3.05, 3.63) is 64.8 Å². The number of fused-ring (bicyclic) bond motifs is 1. The summed E-state index contributed by atoms with van der Waals surface area (Å²) in [6, 6.07) is 12.6. The summed E-state index contributed by atoms with van der Waals surface area (Å²) in [6.45, 7) is 0. The number of para-hydroxylation sites is 1. The van der Waals surface area contributed by atoms with Crippen LogP contribution in [0, 0.1) is 0 Å². The molecule has 3 nitrogen and oxygen atoms in total. The number of ketones is 1. The lowest BCUT2D eigenvalue weighted by Crippen LogP contribution is -2.00. The molecule has 3 aromatic rings. The van der Waals surface area contributed by atoms with Crippen LogP contribution in [0.4, 0.5) is 0 Å². The first kappa shape index (κ1) is 12.8. The van der Waals surface area contributed by atoms with Gasteiger partial charge in [-0.1, -0.05) is 35.9 Å². The zero-order chi connectivity index (χ0) is 14.1. The summed E-state index contributed by atoms with van der Waals surface area (Å²) in [5.74, 6) is 0.603. The van der Waals surface area contributed by atoms with Gasteiger partial charge in [-0.2, -0.15) is 0 Å². The van der Waals surface area contributed by atoms with E-state index in [4.69, 9.17) is 16.3 Å². The van der Waals surface area contributed by atoms with Crippen molar-refractivity contribution in [2.75, 3.05) is 7.11 Å². The largest absolute Gasteiger partial charge is 0.497 e. The molecule has 1 heterocycles. The number of carbonyl (C=O) groups excluding carboxylic acids is 1. The first-order valence-corrected chi connectivity index (χ1v) is 6.53. The molecule has 100 valence electrons. The fourth-order valence-electron chi connectivity index (χ4n) is 2.23. The third-order valence-electron chi connectivity index (χ3n) is 3.24. The Labute approximate surface area is 121 Å². The van der Waals surface area contributed by atoms with Gasteiger partial charge in [-0.25, -0.2) is 0 Å². The first-order valence-electron chi connectivity index (χ1n) is 6.15. The number of H-pyrrole nitrogens is 1. The van der Waals surface area contributed by atoms with E-state index in [1.807, 2.05) is 18.2 Å². The third kappa shape index (κ3) is 2.06. The fourth-order valence-corrected chi connectivity index (χ4v) is 2.45. The number of aromatic nitrogens is 1. The molecule has 0 saturated heterocycles. The first-order chi connectivity index (χ1) is 9.70. The predicted octanol–water partition coefficient (Wildman–Crippen LogP) is 4.06. The lowest BCUT2D eigenvalue weighted by Gasteiger charge is -2.03. The Hall–Kier alpha value is -2.26. The lowest BCUT2D eigenvalue weighted by molar-refractivity contribution is 0.104. The van der Waals surface area contributed by atoms with Gasteiger partial charge in [0, 0.05) is 22.7 Å². The van der Waals surface area contributed by atoms with Crippen molar-refractivity contribution in [1.82, 2.24) is 4.98 Å². The normalized spacial score (nSPS) is 10.7. The second-order valence-electron chi connectivity index (χ2n) is 4.43. The topological polar surface area (TPSA) is 42.1 Å². The van der Waals surface area contributed by atoms with Crippen LogP contribution in [-0.2, 0) is 0 Å². The summed E-state index contributed by atoms with van der Waals surface area (Å²) in [6.07, 6.45) is 1.69. The highest BCUT2D eigenvalue weighted by atomic mass is 35.5. The number of aromatic amines is 1. The van der Waals surface area contributed by atoms with Crippen LogP contribution in [0.25, 0.3) is 10.9 Å². The minimum atomic E-state index is -0.0579. The van der Waals surface area contributed by atoms with Crippen molar-refractivity contribution in [1.29, 1.82) is 0 Å². The molecule has 1 aromatic heterocycles. The van der Waals surface area contributed by atoms with E-state index < -0.39 is 0 Å². The third-order valence-corrected chi connectivity index (χ3v) is 3.56. The van der Waals surface area contributed by atoms with Gasteiger partial charge in [0.05, 0.1) is 17.6 Å². The van der Waals surface area contributed by atoms with E-state index in [1.165, 1.54) is 0 Å². The van der Waals surface area contributed by atoms with Gasteiger partial charge in [-0.05, 0) is 18.2 Å². The summed E-state index contributed by atoms with van der Waals surface area (Å²) < 4.78 is 5.15. The second-order valence-corrected chi connectivity index (χ2v) is 4.83. The van der Waals surface area contributed by atoms with Crippen LogP contribution in [0.2, 0.25) is 5.02 Å². The van der Waals surface area contributed by atoms with E-state index in [0.29, 0.717) is 21.9 Å². The van der Waals surface area contributed by atoms with Crippen LogP contribution in [0.15, 0.2) is 48.7 Å². The van der Waals surface area contributed by atoms with E-state index in [-0.39, 0.29) is 5.78 Å². The number of halogens is 1. The molecular weight excluding hydrogens is 274 g/mol. The highest BCUT2D eigenvalue weighted by molar-refractivity contribution is 6.35. The predicted molar refractivity (Wildman–Crippen MR) is 79.7 cm³/mol. The molecule has 2 aromatic carbocycles. The van der Waals surface area contributed by atoms with Crippen molar-refractivity contribution >= 4 is 28.3 Å². The number of nitrogens with one attached hydrogen (secondary N) is 1. The van der Waals surface area contributed by atoms with Gasteiger partial charge in [0.1, 0.15) is 5.75 Å². The number of rotatable bonds is 3. The maximum absolute atomic E-state index is 12.6. The van der Waals surface area contributed by atoms with Crippen LogP contribution in [0.3, 0.4) is 0 Å². The standard InChI is InChI=1S/C16H12ClNO2/c1-20-11-5-2-4-10(8-11)16(19)13-9-18-15-12(13)6-3-7-14(15)17/h2-9,18H,1H3. The van der Waals surface area contributed by atoms with Crippen molar-refractivity contribution in [2.45, 2.75) is 0 Å². The molecule has 0 spiro atoms. The Morgan fingerprint density at radius 3 is 2.80 bits per heavy atom. The monoisotopic (exact) mass is 285 g/mol. The minimum Gasteiger partial charge on any atom is -0.497 e. The van der Waals surface area contributed by atoms with Crippen molar-refractivity contribution in [3.8, 4) is 5.75 Å². The minimum absolute atomic E-state index is 0.0579. The highest BCUT2D eigenvalue weighted by Gasteiger charge is 2.15. The van der Waals surface area contributed by atoms with Crippen molar-refractivity contribution in [3.63, 3.8) is 0 Å². The summed E-state index contributed by atoms with van der Waals surface area (Å²) in [5.41, 5.74) is 1.97.